The fraction of sp³-hybridized carbons (Fsp3) is 0.375. The standard InChI is InChI=1S/C16H19NO4/c1-20-14-9-5-8-13(10-14)17-15(18)11-21-16(19)12-6-3-2-4-7-12/h2-3,5,8-10,12H,4,6-7,11H2,1H3,(H,17,18)/t12-/m1/s1. The van der Waals surface area contributed by atoms with E-state index < -0.39 is 0 Å². The highest BCUT2D eigenvalue weighted by atomic mass is 16.5. The smallest absolute Gasteiger partial charge is 0.309 e. The lowest BCUT2D eigenvalue weighted by atomic mass is 9.95. The fourth-order valence-electron chi connectivity index (χ4n) is 2.16. The summed E-state index contributed by atoms with van der Waals surface area (Å²) in [6.45, 7) is -0.268. The van der Waals surface area contributed by atoms with Gasteiger partial charge in [-0.1, -0.05) is 18.2 Å². The SMILES string of the molecule is COc1cccc(NC(=O)COC(=O)[C@@H]2CC=CCC2)c1. The van der Waals surface area contributed by atoms with Gasteiger partial charge in [-0.3, -0.25) is 9.59 Å². The predicted octanol–water partition coefficient (Wildman–Crippen LogP) is 2.53. The summed E-state index contributed by atoms with van der Waals surface area (Å²) in [6, 6.07) is 7.00. The highest BCUT2D eigenvalue weighted by molar-refractivity contribution is 5.93. The monoisotopic (exact) mass is 289 g/mol. The molecule has 1 aliphatic rings. The van der Waals surface area contributed by atoms with Gasteiger partial charge in [0.1, 0.15) is 5.75 Å². The summed E-state index contributed by atoms with van der Waals surface area (Å²) in [4.78, 5) is 23.6. The van der Waals surface area contributed by atoms with Crippen LogP contribution in [0.25, 0.3) is 0 Å². The highest BCUT2D eigenvalue weighted by Crippen LogP contribution is 2.19. The van der Waals surface area contributed by atoms with Crippen LogP contribution in [-0.4, -0.2) is 25.6 Å². The number of hydrogen-bond acceptors (Lipinski definition) is 4. The zero-order valence-corrected chi connectivity index (χ0v) is 12.0. The van der Waals surface area contributed by atoms with Gasteiger partial charge in [0.15, 0.2) is 6.61 Å². The van der Waals surface area contributed by atoms with E-state index in [9.17, 15) is 9.59 Å². The van der Waals surface area contributed by atoms with Crippen molar-refractivity contribution in [3.63, 3.8) is 0 Å². The van der Waals surface area contributed by atoms with Gasteiger partial charge in [-0.25, -0.2) is 0 Å². The van der Waals surface area contributed by atoms with E-state index in [4.69, 9.17) is 9.47 Å². The van der Waals surface area contributed by atoms with E-state index in [0.717, 1.165) is 12.8 Å². The number of rotatable bonds is 5. The lowest BCUT2D eigenvalue weighted by molar-refractivity contribution is -0.151. The molecule has 5 heteroatoms. The number of nitrogens with one attached hydrogen (secondary N) is 1. The Morgan fingerprint density at radius 1 is 1.33 bits per heavy atom. The number of benzene rings is 1. The maximum atomic E-state index is 11.8. The summed E-state index contributed by atoms with van der Waals surface area (Å²) in [5, 5.41) is 2.66. The molecular formula is C16H19NO4. The molecule has 1 N–H and O–H groups in total. The van der Waals surface area contributed by atoms with Gasteiger partial charge in [0.2, 0.25) is 0 Å². The van der Waals surface area contributed by atoms with E-state index in [1.807, 2.05) is 6.08 Å². The zero-order chi connectivity index (χ0) is 15.1. The molecule has 0 fully saturated rings. The van der Waals surface area contributed by atoms with Crippen LogP contribution in [0.4, 0.5) is 5.69 Å². The number of methoxy groups -OCH3 is 1. The second-order valence-electron chi connectivity index (χ2n) is 4.87. The minimum Gasteiger partial charge on any atom is -0.497 e. The van der Waals surface area contributed by atoms with E-state index in [1.165, 1.54) is 0 Å². The summed E-state index contributed by atoms with van der Waals surface area (Å²) < 4.78 is 10.1. The molecule has 0 unspecified atom stereocenters. The molecule has 1 amide bonds. The van der Waals surface area contributed by atoms with E-state index in [-0.39, 0.29) is 24.4 Å². The van der Waals surface area contributed by atoms with Gasteiger partial charge in [-0.15, -0.1) is 0 Å². The third-order valence-corrected chi connectivity index (χ3v) is 3.30. The number of allylic oxidation sites excluding steroid dienone is 2. The average Bonchev–Trinajstić information content (AvgIpc) is 2.53. The van der Waals surface area contributed by atoms with Crippen LogP contribution in [0.5, 0.6) is 5.75 Å². The fourth-order valence-corrected chi connectivity index (χ4v) is 2.16. The molecule has 1 atom stereocenters. The molecule has 21 heavy (non-hydrogen) atoms. The van der Waals surface area contributed by atoms with Crippen molar-refractivity contribution in [1.82, 2.24) is 0 Å². The zero-order valence-electron chi connectivity index (χ0n) is 12.0. The van der Waals surface area contributed by atoms with E-state index in [0.29, 0.717) is 17.9 Å². The molecule has 0 spiro atoms. The first-order chi connectivity index (χ1) is 10.2. The number of carbonyl (C=O) groups excluding carboxylic acids is 2. The molecule has 0 bridgehead atoms. The summed E-state index contributed by atoms with van der Waals surface area (Å²) in [6.07, 6.45) is 6.39. The Labute approximate surface area is 123 Å². The van der Waals surface area contributed by atoms with Crippen molar-refractivity contribution in [3.8, 4) is 5.75 Å². The molecule has 2 rings (SSSR count). The van der Waals surface area contributed by atoms with Crippen LogP contribution in [-0.2, 0) is 14.3 Å². The van der Waals surface area contributed by atoms with Gasteiger partial charge in [-0.05, 0) is 31.4 Å². The molecular weight excluding hydrogens is 270 g/mol. The topological polar surface area (TPSA) is 64.6 Å². The molecule has 0 saturated carbocycles. The number of carbonyl (C=O) groups is 2. The van der Waals surface area contributed by atoms with Crippen molar-refractivity contribution >= 4 is 17.6 Å². The average molecular weight is 289 g/mol. The minimum absolute atomic E-state index is 0.125. The normalized spacial score (nSPS) is 17.1. The second kappa shape index (κ2) is 7.47. The maximum Gasteiger partial charge on any atom is 0.309 e. The molecule has 112 valence electrons. The van der Waals surface area contributed by atoms with Gasteiger partial charge >= 0.3 is 5.97 Å². The predicted molar refractivity (Wildman–Crippen MR) is 79.1 cm³/mol. The molecule has 0 saturated heterocycles. The Hall–Kier alpha value is -2.30. The highest BCUT2D eigenvalue weighted by Gasteiger charge is 2.20. The molecule has 0 radical (unpaired) electrons. The van der Waals surface area contributed by atoms with Crippen LogP contribution >= 0.6 is 0 Å². The third kappa shape index (κ3) is 4.63. The summed E-state index contributed by atoms with van der Waals surface area (Å²) in [5.41, 5.74) is 0.607. The lowest BCUT2D eigenvalue weighted by Gasteiger charge is -2.16. The Bertz CT molecular complexity index is 539. The Morgan fingerprint density at radius 2 is 2.19 bits per heavy atom. The van der Waals surface area contributed by atoms with Crippen molar-refractivity contribution in [1.29, 1.82) is 0 Å². The van der Waals surface area contributed by atoms with Gasteiger partial charge in [0, 0.05) is 11.8 Å². The van der Waals surface area contributed by atoms with Crippen LogP contribution < -0.4 is 10.1 Å². The molecule has 1 aromatic rings. The van der Waals surface area contributed by atoms with Crippen molar-refractivity contribution in [2.24, 2.45) is 5.92 Å². The van der Waals surface area contributed by atoms with Crippen LogP contribution in [0.3, 0.4) is 0 Å². The van der Waals surface area contributed by atoms with Gasteiger partial charge in [0.05, 0.1) is 13.0 Å². The Kier molecular flexibility index (Phi) is 5.37. The van der Waals surface area contributed by atoms with Crippen LogP contribution in [0.15, 0.2) is 36.4 Å². The largest absolute Gasteiger partial charge is 0.497 e. The summed E-state index contributed by atoms with van der Waals surface area (Å²) in [5.74, 6) is -0.137. The first kappa shape index (κ1) is 15.1. The number of anilines is 1. The number of hydrogen-bond donors (Lipinski definition) is 1. The van der Waals surface area contributed by atoms with Gasteiger partial charge < -0.3 is 14.8 Å². The molecule has 1 aliphatic carbocycles. The number of amides is 1. The van der Waals surface area contributed by atoms with Crippen molar-refractivity contribution < 1.29 is 19.1 Å². The number of ether oxygens (including phenoxy) is 2. The van der Waals surface area contributed by atoms with Crippen molar-refractivity contribution in [2.75, 3.05) is 19.0 Å². The first-order valence-electron chi connectivity index (χ1n) is 6.94. The molecule has 0 aliphatic heterocycles. The van der Waals surface area contributed by atoms with Crippen molar-refractivity contribution in [3.05, 3.63) is 36.4 Å². The Balaban J connectivity index is 1.78. The van der Waals surface area contributed by atoms with E-state index >= 15 is 0 Å². The van der Waals surface area contributed by atoms with Crippen molar-refractivity contribution in [2.45, 2.75) is 19.3 Å². The minimum atomic E-state index is -0.358. The second-order valence-corrected chi connectivity index (χ2v) is 4.87. The van der Waals surface area contributed by atoms with Crippen LogP contribution in [0.2, 0.25) is 0 Å². The molecule has 0 heterocycles. The summed E-state index contributed by atoms with van der Waals surface area (Å²) in [7, 11) is 1.56. The van der Waals surface area contributed by atoms with E-state index in [2.05, 4.69) is 11.4 Å². The molecule has 0 aromatic heterocycles. The first-order valence-corrected chi connectivity index (χ1v) is 6.94. The van der Waals surface area contributed by atoms with E-state index in [1.54, 1.807) is 31.4 Å². The number of esters is 1. The Morgan fingerprint density at radius 3 is 2.90 bits per heavy atom. The maximum absolute atomic E-state index is 11.8. The summed E-state index contributed by atoms with van der Waals surface area (Å²) >= 11 is 0. The van der Waals surface area contributed by atoms with Gasteiger partial charge in [-0.2, -0.15) is 0 Å². The van der Waals surface area contributed by atoms with Gasteiger partial charge in [0.25, 0.3) is 5.91 Å². The quantitative estimate of drug-likeness (QED) is 0.668. The van der Waals surface area contributed by atoms with Crippen LogP contribution in [0.1, 0.15) is 19.3 Å². The molecule has 5 nitrogen and oxygen atoms in total. The van der Waals surface area contributed by atoms with Crippen LogP contribution in [0, 0.1) is 5.92 Å². The third-order valence-electron chi connectivity index (χ3n) is 3.30. The molecule has 1 aromatic carbocycles. The lowest BCUT2D eigenvalue weighted by Crippen LogP contribution is -2.25.